The van der Waals surface area contributed by atoms with E-state index in [2.05, 4.69) is 29.0 Å². The molecule has 1 heterocycles. The van der Waals surface area contributed by atoms with Gasteiger partial charge in [-0.1, -0.05) is 30.2 Å². The lowest BCUT2D eigenvalue weighted by molar-refractivity contribution is 1.11. The predicted octanol–water partition coefficient (Wildman–Crippen LogP) is 2.62. The smallest absolute Gasteiger partial charge is 0.115 e. The average molecular weight is 232 g/mol. The van der Waals surface area contributed by atoms with Gasteiger partial charge in [-0.3, -0.25) is 4.99 Å². The molecule has 0 bridgehead atoms. The van der Waals surface area contributed by atoms with Crippen molar-refractivity contribution in [3.63, 3.8) is 0 Å². The van der Waals surface area contributed by atoms with Gasteiger partial charge in [0.25, 0.3) is 0 Å². The van der Waals surface area contributed by atoms with Gasteiger partial charge in [-0.05, 0) is 35.7 Å². The minimum Gasteiger partial charge on any atom is -0.399 e. The zero-order valence-corrected chi connectivity index (χ0v) is 9.85. The summed E-state index contributed by atoms with van der Waals surface area (Å²) in [5.74, 6) is 6.25. The number of aliphatic imine (C=N–C) groups is 1. The van der Waals surface area contributed by atoms with Crippen molar-refractivity contribution >= 4 is 11.4 Å². The van der Waals surface area contributed by atoms with Gasteiger partial charge >= 0.3 is 0 Å². The first-order valence-electron chi connectivity index (χ1n) is 5.83. The first kappa shape index (κ1) is 10.6. The van der Waals surface area contributed by atoms with Crippen molar-refractivity contribution in [1.82, 2.24) is 0 Å². The summed E-state index contributed by atoms with van der Waals surface area (Å²) in [5.41, 5.74) is 10.6. The Bertz CT molecular complexity index is 670. The monoisotopic (exact) mass is 232 g/mol. The van der Waals surface area contributed by atoms with Crippen molar-refractivity contribution in [2.75, 3.05) is 5.73 Å². The van der Waals surface area contributed by atoms with Gasteiger partial charge in [0, 0.05) is 16.8 Å². The third-order valence-corrected chi connectivity index (χ3v) is 2.92. The van der Waals surface area contributed by atoms with Crippen LogP contribution in [0.4, 0.5) is 5.69 Å². The molecule has 2 aromatic rings. The fraction of sp³-hybridized carbons (Fsp3) is 0.0625. The van der Waals surface area contributed by atoms with Gasteiger partial charge in [-0.25, -0.2) is 0 Å². The van der Waals surface area contributed by atoms with Crippen LogP contribution in [0.3, 0.4) is 0 Å². The highest BCUT2D eigenvalue weighted by Gasteiger charge is 2.12. The number of fused-ring (bicyclic) bond motifs is 1. The number of nitrogens with zero attached hydrogens (tertiary/aromatic N) is 1. The second kappa shape index (κ2) is 4.38. The molecule has 0 spiro atoms. The first-order chi connectivity index (χ1) is 8.83. The highest BCUT2D eigenvalue weighted by Crippen LogP contribution is 2.17. The molecule has 0 amide bonds. The molecule has 0 aromatic heterocycles. The molecule has 2 aromatic carbocycles. The Hall–Kier alpha value is -2.53. The molecular weight excluding hydrogens is 220 g/mol. The predicted molar refractivity (Wildman–Crippen MR) is 74.4 cm³/mol. The van der Waals surface area contributed by atoms with Crippen molar-refractivity contribution in [2.24, 2.45) is 4.99 Å². The van der Waals surface area contributed by atoms with Gasteiger partial charge in [0.2, 0.25) is 0 Å². The van der Waals surface area contributed by atoms with E-state index in [0.717, 1.165) is 29.1 Å². The van der Waals surface area contributed by atoms with Crippen LogP contribution in [-0.4, -0.2) is 5.71 Å². The third kappa shape index (κ3) is 1.99. The van der Waals surface area contributed by atoms with Gasteiger partial charge in [0.1, 0.15) is 5.71 Å². The van der Waals surface area contributed by atoms with Crippen LogP contribution in [0.2, 0.25) is 0 Å². The maximum atomic E-state index is 5.64. The van der Waals surface area contributed by atoms with Crippen LogP contribution in [-0.2, 0) is 6.54 Å². The minimum absolute atomic E-state index is 0.738. The van der Waals surface area contributed by atoms with Crippen molar-refractivity contribution in [3.05, 3.63) is 65.2 Å². The Morgan fingerprint density at radius 3 is 2.56 bits per heavy atom. The quantitative estimate of drug-likeness (QED) is 0.550. The van der Waals surface area contributed by atoms with Crippen LogP contribution < -0.4 is 5.73 Å². The van der Waals surface area contributed by atoms with Crippen LogP contribution in [0.5, 0.6) is 0 Å². The molecule has 0 saturated carbocycles. The van der Waals surface area contributed by atoms with E-state index in [0.29, 0.717) is 0 Å². The second-order valence-corrected chi connectivity index (χ2v) is 4.19. The number of hydrogen-bond acceptors (Lipinski definition) is 2. The normalized spacial score (nSPS) is 12.3. The second-order valence-electron chi connectivity index (χ2n) is 4.19. The van der Waals surface area contributed by atoms with E-state index in [-0.39, 0.29) is 0 Å². The Balaban J connectivity index is 1.90. The van der Waals surface area contributed by atoms with Crippen LogP contribution in [0, 0.1) is 11.8 Å². The third-order valence-electron chi connectivity index (χ3n) is 2.92. The Morgan fingerprint density at radius 2 is 1.72 bits per heavy atom. The minimum atomic E-state index is 0.738. The molecule has 18 heavy (non-hydrogen) atoms. The summed E-state index contributed by atoms with van der Waals surface area (Å²) in [5, 5.41) is 0. The molecule has 0 radical (unpaired) electrons. The van der Waals surface area contributed by atoms with Crippen molar-refractivity contribution < 1.29 is 0 Å². The first-order valence-corrected chi connectivity index (χ1v) is 5.83. The molecular formula is C16H12N2. The standard InChI is InChI=1S/C16H12N2/c17-14-8-5-12(6-9-14)7-10-16-15-4-2-1-3-13(15)11-18-16/h1-6,8-9H,11,17H2. The lowest BCUT2D eigenvalue weighted by atomic mass is 10.1. The molecule has 0 aliphatic carbocycles. The summed E-state index contributed by atoms with van der Waals surface area (Å²) in [6.07, 6.45) is 0. The molecule has 2 nitrogen and oxygen atoms in total. The lowest BCUT2D eigenvalue weighted by Crippen LogP contribution is -1.93. The summed E-state index contributed by atoms with van der Waals surface area (Å²) in [4.78, 5) is 4.45. The Labute approximate surface area is 106 Å². The summed E-state index contributed by atoms with van der Waals surface area (Å²) in [6.45, 7) is 0.738. The highest BCUT2D eigenvalue weighted by atomic mass is 14.8. The number of nitrogens with two attached hydrogens (primary N) is 1. The molecule has 0 atom stereocenters. The number of rotatable bonds is 0. The van der Waals surface area contributed by atoms with E-state index < -0.39 is 0 Å². The van der Waals surface area contributed by atoms with Crippen LogP contribution in [0.1, 0.15) is 16.7 Å². The van der Waals surface area contributed by atoms with E-state index in [1.165, 1.54) is 5.56 Å². The summed E-state index contributed by atoms with van der Waals surface area (Å²) in [6, 6.07) is 15.8. The molecule has 0 fully saturated rings. The number of hydrogen-bond donors (Lipinski definition) is 1. The van der Waals surface area contributed by atoms with Gasteiger partial charge in [0.05, 0.1) is 6.54 Å². The summed E-state index contributed by atoms with van der Waals surface area (Å²) < 4.78 is 0. The summed E-state index contributed by atoms with van der Waals surface area (Å²) >= 11 is 0. The van der Waals surface area contributed by atoms with Crippen LogP contribution in [0.15, 0.2) is 53.5 Å². The van der Waals surface area contributed by atoms with Gasteiger partial charge in [0.15, 0.2) is 0 Å². The summed E-state index contributed by atoms with van der Waals surface area (Å²) in [7, 11) is 0. The SMILES string of the molecule is Nc1ccc(C#CC2=NCc3ccccc32)cc1. The maximum Gasteiger partial charge on any atom is 0.115 e. The highest BCUT2D eigenvalue weighted by molar-refractivity contribution is 6.15. The zero-order valence-electron chi connectivity index (χ0n) is 9.85. The Morgan fingerprint density at radius 1 is 0.944 bits per heavy atom. The number of anilines is 1. The maximum absolute atomic E-state index is 5.64. The van der Waals surface area contributed by atoms with Crippen molar-refractivity contribution in [1.29, 1.82) is 0 Å². The van der Waals surface area contributed by atoms with E-state index in [1.54, 1.807) is 0 Å². The van der Waals surface area contributed by atoms with E-state index in [4.69, 9.17) is 5.73 Å². The number of nitrogen functional groups attached to an aromatic ring is 1. The molecule has 3 rings (SSSR count). The van der Waals surface area contributed by atoms with Gasteiger partial charge in [-0.15, -0.1) is 0 Å². The van der Waals surface area contributed by atoms with Gasteiger partial charge < -0.3 is 5.73 Å². The topological polar surface area (TPSA) is 38.4 Å². The molecule has 86 valence electrons. The van der Waals surface area contributed by atoms with Crippen molar-refractivity contribution in [3.8, 4) is 11.8 Å². The lowest BCUT2D eigenvalue weighted by Gasteiger charge is -1.95. The van der Waals surface area contributed by atoms with E-state index >= 15 is 0 Å². The van der Waals surface area contributed by atoms with Crippen LogP contribution in [0.25, 0.3) is 0 Å². The van der Waals surface area contributed by atoms with E-state index in [9.17, 15) is 0 Å². The zero-order chi connectivity index (χ0) is 12.4. The van der Waals surface area contributed by atoms with Crippen molar-refractivity contribution in [2.45, 2.75) is 6.54 Å². The largest absolute Gasteiger partial charge is 0.399 e. The molecule has 2 N–H and O–H groups in total. The fourth-order valence-corrected chi connectivity index (χ4v) is 1.94. The average Bonchev–Trinajstić information content (AvgIpc) is 2.82. The molecule has 1 aliphatic heterocycles. The van der Waals surface area contributed by atoms with E-state index in [1.807, 2.05) is 36.4 Å². The van der Waals surface area contributed by atoms with Gasteiger partial charge in [-0.2, -0.15) is 0 Å². The molecule has 1 aliphatic rings. The molecule has 2 heteroatoms. The van der Waals surface area contributed by atoms with Crippen LogP contribution >= 0.6 is 0 Å². The molecule has 0 unspecified atom stereocenters. The Kier molecular flexibility index (Phi) is 2.59. The number of benzene rings is 2. The fourth-order valence-electron chi connectivity index (χ4n) is 1.94. The molecule has 0 saturated heterocycles.